The number of hydrogen-bond donors (Lipinski definition) is 2. The van der Waals surface area contributed by atoms with Crippen molar-refractivity contribution in [1.82, 2.24) is 14.9 Å². The van der Waals surface area contributed by atoms with Gasteiger partial charge in [-0.2, -0.15) is 4.31 Å². The maximum Gasteiger partial charge on any atom is 0.243 e. The molecule has 0 atom stereocenters. The number of sulfonamides is 1. The van der Waals surface area contributed by atoms with Gasteiger partial charge in [-0.15, -0.1) is 24.0 Å². The van der Waals surface area contributed by atoms with Crippen LogP contribution < -0.4 is 10.6 Å². The number of nitrogens with one attached hydrogen (secondary N) is 2. The lowest BCUT2D eigenvalue weighted by Gasteiger charge is -2.42. The lowest BCUT2D eigenvalue weighted by molar-refractivity contribution is 0.0732. The normalized spacial score (nSPS) is 19.9. The second-order valence-corrected chi connectivity index (χ2v) is 10.5. The fourth-order valence-corrected chi connectivity index (χ4v) is 5.83. The number of halogens is 1. The predicted molar refractivity (Wildman–Crippen MR) is 135 cm³/mol. The molecule has 1 aliphatic carbocycles. The van der Waals surface area contributed by atoms with E-state index in [0.717, 1.165) is 44.9 Å². The maximum absolute atomic E-state index is 12.8. The molecule has 0 amide bonds. The summed E-state index contributed by atoms with van der Waals surface area (Å²) in [4.78, 5) is 4.74. The molecule has 3 rings (SSSR count). The zero-order valence-electron chi connectivity index (χ0n) is 18.7. The Morgan fingerprint density at radius 1 is 1.19 bits per heavy atom. The number of piperidine rings is 1. The van der Waals surface area contributed by atoms with E-state index in [1.54, 1.807) is 42.7 Å². The monoisotopic (exact) mass is 564 g/mol. The molecule has 0 unspecified atom stereocenters. The van der Waals surface area contributed by atoms with Gasteiger partial charge >= 0.3 is 0 Å². The minimum atomic E-state index is -3.38. The van der Waals surface area contributed by atoms with Gasteiger partial charge in [0.15, 0.2) is 5.96 Å². The minimum absolute atomic E-state index is 0. The number of hydrogen-bond acceptors (Lipinski definition) is 4. The number of rotatable bonds is 9. The summed E-state index contributed by atoms with van der Waals surface area (Å²) in [6, 6.07) is 8.71. The lowest BCUT2D eigenvalue weighted by Crippen LogP contribution is -2.48. The molecule has 0 spiro atoms. The smallest absolute Gasteiger partial charge is 0.243 e. The molecule has 2 N–H and O–H groups in total. The fraction of sp³-hybridized carbons (Fsp3) is 0.682. The average Bonchev–Trinajstić information content (AvgIpc) is 2.75. The largest absolute Gasteiger partial charge is 0.385 e. The van der Waals surface area contributed by atoms with E-state index >= 15 is 0 Å². The average molecular weight is 565 g/mol. The highest BCUT2D eigenvalue weighted by atomic mass is 127. The van der Waals surface area contributed by atoms with Gasteiger partial charge in [0.05, 0.1) is 4.90 Å². The molecule has 2 aliphatic rings. The van der Waals surface area contributed by atoms with Crippen LogP contribution in [-0.2, 0) is 14.8 Å². The Balaban J connectivity index is 0.00000341. The van der Waals surface area contributed by atoms with Gasteiger partial charge in [0, 0.05) is 46.9 Å². The van der Waals surface area contributed by atoms with Crippen LogP contribution in [0.5, 0.6) is 0 Å². The Morgan fingerprint density at radius 2 is 1.87 bits per heavy atom. The van der Waals surface area contributed by atoms with Gasteiger partial charge in [0.2, 0.25) is 10.0 Å². The quantitative estimate of drug-likeness (QED) is 0.274. The Morgan fingerprint density at radius 3 is 2.42 bits per heavy atom. The van der Waals surface area contributed by atoms with Crippen LogP contribution in [0.3, 0.4) is 0 Å². The van der Waals surface area contributed by atoms with Crippen LogP contribution in [0.1, 0.15) is 38.5 Å². The number of methoxy groups -OCH3 is 1. The van der Waals surface area contributed by atoms with Crippen molar-refractivity contribution in [2.24, 2.45) is 16.3 Å². The summed E-state index contributed by atoms with van der Waals surface area (Å²) in [6.45, 7) is 3.66. The highest BCUT2D eigenvalue weighted by Gasteiger charge is 2.36. The van der Waals surface area contributed by atoms with Crippen molar-refractivity contribution < 1.29 is 13.2 Å². The topological polar surface area (TPSA) is 83.0 Å². The molecule has 176 valence electrons. The van der Waals surface area contributed by atoms with Gasteiger partial charge in [0.1, 0.15) is 0 Å². The molecule has 0 bridgehead atoms. The van der Waals surface area contributed by atoms with Gasteiger partial charge in [-0.3, -0.25) is 4.99 Å². The lowest BCUT2D eigenvalue weighted by atomic mass is 9.67. The summed E-state index contributed by atoms with van der Waals surface area (Å²) in [5, 5.41) is 6.93. The van der Waals surface area contributed by atoms with Crippen molar-refractivity contribution in [3.05, 3.63) is 30.3 Å². The first-order valence-corrected chi connectivity index (χ1v) is 12.4. The molecule has 7 nitrogen and oxygen atoms in total. The summed E-state index contributed by atoms with van der Waals surface area (Å²) >= 11 is 0. The van der Waals surface area contributed by atoms with E-state index in [-0.39, 0.29) is 24.0 Å². The van der Waals surface area contributed by atoms with Crippen molar-refractivity contribution in [3.8, 4) is 0 Å². The second-order valence-electron chi connectivity index (χ2n) is 8.56. The van der Waals surface area contributed by atoms with E-state index in [0.29, 0.717) is 29.3 Å². The van der Waals surface area contributed by atoms with Gasteiger partial charge < -0.3 is 15.4 Å². The highest BCUT2D eigenvalue weighted by molar-refractivity contribution is 14.0. The Bertz CT molecular complexity index is 792. The molecular weight excluding hydrogens is 527 g/mol. The third-order valence-electron chi connectivity index (χ3n) is 6.62. The van der Waals surface area contributed by atoms with Crippen LogP contribution in [0.4, 0.5) is 0 Å². The molecular formula is C22H37IN4O3S. The van der Waals surface area contributed by atoms with Gasteiger partial charge in [0.25, 0.3) is 0 Å². The molecule has 1 saturated carbocycles. The van der Waals surface area contributed by atoms with E-state index in [4.69, 9.17) is 4.74 Å². The molecule has 2 fully saturated rings. The zero-order valence-corrected chi connectivity index (χ0v) is 21.8. The van der Waals surface area contributed by atoms with Crippen molar-refractivity contribution in [2.45, 2.75) is 43.4 Å². The molecule has 1 saturated heterocycles. The highest BCUT2D eigenvalue weighted by Crippen LogP contribution is 2.43. The predicted octanol–water partition coefficient (Wildman–Crippen LogP) is 3.08. The number of ether oxygens (including phenoxy) is 1. The van der Waals surface area contributed by atoms with E-state index in [9.17, 15) is 8.42 Å². The van der Waals surface area contributed by atoms with Crippen LogP contribution in [-0.4, -0.2) is 65.6 Å². The first-order chi connectivity index (χ1) is 14.5. The first-order valence-electron chi connectivity index (χ1n) is 11.0. The first kappa shape index (κ1) is 26.3. The van der Waals surface area contributed by atoms with Gasteiger partial charge in [-0.05, 0) is 55.6 Å². The molecule has 1 heterocycles. The fourth-order valence-electron chi connectivity index (χ4n) is 4.34. The molecule has 0 radical (unpaired) electrons. The summed E-state index contributed by atoms with van der Waals surface area (Å²) in [6.07, 6.45) is 6.58. The standard InChI is InChI=1S/C22H36N4O3S.HI/c1-23-21(25-18-22(11-6-12-22)13-16-29-2)24-17-19-9-14-26(15-10-19)30(27,28)20-7-4-3-5-8-20;/h3-5,7-8,19H,6,9-18H2,1-2H3,(H2,23,24,25);1H. The summed E-state index contributed by atoms with van der Waals surface area (Å²) < 4.78 is 32.4. The molecule has 1 aromatic carbocycles. The molecule has 1 aliphatic heterocycles. The number of nitrogens with zero attached hydrogens (tertiary/aromatic N) is 2. The summed E-state index contributed by atoms with van der Waals surface area (Å²) in [7, 11) is 0.175. The minimum Gasteiger partial charge on any atom is -0.385 e. The van der Waals surface area contributed by atoms with E-state index in [2.05, 4.69) is 15.6 Å². The van der Waals surface area contributed by atoms with Crippen LogP contribution in [0.15, 0.2) is 40.2 Å². The molecule has 31 heavy (non-hydrogen) atoms. The Hall–Kier alpha value is -0.910. The maximum atomic E-state index is 12.8. The SMILES string of the molecule is CN=C(NCC1CCN(S(=O)(=O)c2ccccc2)CC1)NCC1(CCOC)CCC1.I. The second kappa shape index (κ2) is 12.4. The third kappa shape index (κ3) is 7.03. The van der Waals surface area contributed by atoms with E-state index < -0.39 is 10.0 Å². The van der Waals surface area contributed by atoms with Gasteiger partial charge in [-0.25, -0.2) is 8.42 Å². The van der Waals surface area contributed by atoms with Crippen LogP contribution >= 0.6 is 24.0 Å². The molecule has 9 heteroatoms. The molecule has 0 aromatic heterocycles. The third-order valence-corrected chi connectivity index (χ3v) is 8.53. The van der Waals surface area contributed by atoms with E-state index in [1.165, 1.54) is 19.3 Å². The van der Waals surface area contributed by atoms with Crippen molar-refractivity contribution in [2.75, 3.05) is 46.9 Å². The van der Waals surface area contributed by atoms with Crippen LogP contribution in [0, 0.1) is 11.3 Å². The van der Waals surface area contributed by atoms with Crippen molar-refractivity contribution in [1.29, 1.82) is 0 Å². The Kier molecular flexibility index (Phi) is 10.5. The summed E-state index contributed by atoms with van der Waals surface area (Å²) in [5.41, 5.74) is 0.338. The molecule has 1 aromatic rings. The van der Waals surface area contributed by atoms with Crippen molar-refractivity contribution in [3.63, 3.8) is 0 Å². The van der Waals surface area contributed by atoms with Crippen LogP contribution in [0.2, 0.25) is 0 Å². The van der Waals surface area contributed by atoms with Crippen molar-refractivity contribution >= 4 is 40.0 Å². The zero-order chi connectivity index (χ0) is 21.5. The summed E-state index contributed by atoms with van der Waals surface area (Å²) in [5.74, 6) is 1.27. The van der Waals surface area contributed by atoms with E-state index in [1.807, 2.05) is 6.07 Å². The van der Waals surface area contributed by atoms with Gasteiger partial charge in [-0.1, -0.05) is 24.6 Å². The number of guanidine groups is 1. The Labute approximate surface area is 204 Å². The number of benzene rings is 1. The number of aliphatic imine (C=N–C) groups is 1. The van der Waals surface area contributed by atoms with Crippen LogP contribution in [0.25, 0.3) is 0 Å².